The van der Waals surface area contributed by atoms with E-state index in [1.165, 1.54) is 185 Å². The van der Waals surface area contributed by atoms with Gasteiger partial charge in [-0.2, -0.15) is 0 Å². The third kappa shape index (κ3) is 14.6. The zero-order valence-corrected chi connectivity index (χ0v) is 37.6. The van der Waals surface area contributed by atoms with Gasteiger partial charge in [0.25, 0.3) is 0 Å². The van der Waals surface area contributed by atoms with Crippen molar-refractivity contribution in [2.45, 2.75) is 194 Å². The number of fused-ring (bicyclic) bond motifs is 2. The number of benzene rings is 3. The van der Waals surface area contributed by atoms with E-state index in [4.69, 9.17) is 4.74 Å². The quantitative estimate of drug-likeness (QED) is 0.0357. The molecule has 1 aliphatic heterocycles. The number of hydrogen-bond acceptors (Lipinski definition) is 5. The monoisotopic (exact) mass is 816 g/mol. The van der Waals surface area contributed by atoms with Crippen LogP contribution in [0, 0.1) is 0 Å². The standard InChI is InChI=1S/C55H77NO4/c1-3-5-7-9-11-13-15-17-19-21-23-25-27-31-41-56(42-32-28-26-24-22-20-18-16-14-12-10-8-6-4-2)46-38-35-44(36-39-46)51-49-40-37-45(43-50(49)60-55(51)59)52-53(57)47-33-29-30-34-48(47)54(52)58/h29-30,33-40,43H,3-28,31-32,41-42H2,1-2H3. The predicted octanol–water partition coefficient (Wildman–Crippen LogP) is 13.8. The summed E-state index contributed by atoms with van der Waals surface area (Å²) in [6.07, 6.45) is 38.2. The van der Waals surface area contributed by atoms with Crippen LogP contribution in [0.5, 0.6) is 5.75 Å². The van der Waals surface area contributed by atoms with Crippen LogP contribution in [0.15, 0.2) is 66.7 Å². The van der Waals surface area contributed by atoms with Crippen LogP contribution in [0.4, 0.5) is 5.69 Å². The lowest BCUT2D eigenvalue weighted by molar-refractivity contribution is -0.127. The Balaban J connectivity index is 1.12. The highest BCUT2D eigenvalue weighted by molar-refractivity contribution is 6.55. The Morgan fingerprint density at radius 1 is 0.433 bits per heavy atom. The van der Waals surface area contributed by atoms with E-state index in [2.05, 4.69) is 30.9 Å². The Morgan fingerprint density at radius 3 is 1.25 bits per heavy atom. The van der Waals surface area contributed by atoms with Crippen molar-refractivity contribution in [2.75, 3.05) is 18.0 Å². The van der Waals surface area contributed by atoms with E-state index in [1.807, 2.05) is 18.2 Å². The molecule has 0 saturated carbocycles. The molecule has 0 spiro atoms. The summed E-state index contributed by atoms with van der Waals surface area (Å²) in [7, 11) is 0. The second-order valence-electron chi connectivity index (χ2n) is 17.8. The number of unbranched alkanes of at least 4 members (excludes halogenated alkanes) is 26. The normalized spacial score (nSPS) is 13.3. The Bertz CT molecular complexity index is 1820. The van der Waals surface area contributed by atoms with Crippen LogP contribution in [0.1, 0.15) is 220 Å². The topological polar surface area (TPSA) is 63.7 Å². The highest BCUT2D eigenvalue weighted by Gasteiger charge is 2.34. The van der Waals surface area contributed by atoms with Crippen molar-refractivity contribution < 1.29 is 19.1 Å². The molecule has 0 aromatic heterocycles. The van der Waals surface area contributed by atoms with Gasteiger partial charge < -0.3 is 9.64 Å². The van der Waals surface area contributed by atoms with E-state index in [9.17, 15) is 14.4 Å². The highest BCUT2D eigenvalue weighted by atomic mass is 16.5. The molecule has 2 aliphatic rings. The molecule has 3 aromatic carbocycles. The van der Waals surface area contributed by atoms with Crippen molar-refractivity contribution >= 4 is 34.4 Å². The molecular formula is C55H77NO4. The first-order valence-corrected chi connectivity index (χ1v) is 24.7. The van der Waals surface area contributed by atoms with Gasteiger partial charge in [-0.25, -0.2) is 4.79 Å². The average Bonchev–Trinajstić information content (AvgIpc) is 3.73. The third-order valence-electron chi connectivity index (χ3n) is 12.9. The SMILES string of the molecule is CCCCCCCCCCCCCCCCN(CCCCCCCCCCCCCCCC)c1ccc(C2=c3ccc(=C4C(=O)c5ccccc5C4=O)cc3OC2=O)cc1. The number of carbonyl (C=O) groups excluding carboxylic acids is 3. The molecule has 0 N–H and O–H groups in total. The van der Waals surface area contributed by atoms with Crippen LogP contribution in [0.3, 0.4) is 0 Å². The second kappa shape index (κ2) is 27.1. The minimum atomic E-state index is -0.408. The molecule has 3 aromatic rings. The van der Waals surface area contributed by atoms with Crippen molar-refractivity contribution in [1.29, 1.82) is 0 Å². The third-order valence-corrected chi connectivity index (χ3v) is 12.9. The molecule has 0 amide bonds. The molecule has 0 radical (unpaired) electrons. The van der Waals surface area contributed by atoms with Crippen molar-refractivity contribution in [2.24, 2.45) is 0 Å². The minimum Gasteiger partial charge on any atom is -0.422 e. The molecule has 326 valence electrons. The summed E-state index contributed by atoms with van der Waals surface area (Å²) in [6.45, 7) is 6.69. The summed E-state index contributed by atoms with van der Waals surface area (Å²) in [5, 5.41) is 1.17. The number of Topliss-reactive ketones (excluding diaryl/α,β-unsaturated/α-hetero) is 2. The van der Waals surface area contributed by atoms with Gasteiger partial charge in [-0.3, -0.25) is 9.59 Å². The van der Waals surface area contributed by atoms with Gasteiger partial charge in [0.1, 0.15) is 5.75 Å². The Kier molecular flexibility index (Phi) is 21.2. The molecule has 1 aliphatic carbocycles. The van der Waals surface area contributed by atoms with Gasteiger partial charge in [-0.05, 0) is 47.9 Å². The molecule has 5 heteroatoms. The molecule has 0 atom stereocenters. The summed E-state index contributed by atoms with van der Waals surface area (Å²) in [6, 6.07) is 20.6. The summed E-state index contributed by atoms with van der Waals surface area (Å²) in [4.78, 5) is 42.2. The summed E-state index contributed by atoms with van der Waals surface area (Å²) >= 11 is 0. The number of carbonyl (C=O) groups is 3. The van der Waals surface area contributed by atoms with Gasteiger partial charge in [-0.15, -0.1) is 0 Å². The molecule has 0 saturated heterocycles. The number of esters is 1. The molecular weight excluding hydrogens is 739 g/mol. The number of ether oxygens (including phenoxy) is 1. The summed E-state index contributed by atoms with van der Waals surface area (Å²) in [5.41, 5.74) is 3.52. The highest BCUT2D eigenvalue weighted by Crippen LogP contribution is 2.28. The molecule has 0 unspecified atom stereocenters. The summed E-state index contributed by atoms with van der Waals surface area (Å²) in [5.74, 6) is -0.591. The maximum absolute atomic E-state index is 13.3. The first-order chi connectivity index (χ1) is 29.5. The molecule has 5 rings (SSSR count). The lowest BCUT2D eigenvalue weighted by Gasteiger charge is -2.25. The van der Waals surface area contributed by atoms with Crippen LogP contribution in [-0.4, -0.2) is 30.6 Å². The number of rotatable bonds is 32. The summed E-state index contributed by atoms with van der Waals surface area (Å²) < 4.78 is 5.75. The predicted molar refractivity (Wildman–Crippen MR) is 252 cm³/mol. The van der Waals surface area contributed by atoms with E-state index in [-0.39, 0.29) is 17.1 Å². The molecule has 1 heterocycles. The lowest BCUT2D eigenvalue weighted by Crippen LogP contribution is -2.25. The smallest absolute Gasteiger partial charge is 0.344 e. The van der Waals surface area contributed by atoms with Gasteiger partial charge in [-0.1, -0.05) is 223 Å². The van der Waals surface area contributed by atoms with Crippen molar-refractivity contribution in [3.8, 4) is 5.75 Å². The Hall–Kier alpha value is -3.99. The van der Waals surface area contributed by atoms with Crippen molar-refractivity contribution in [1.82, 2.24) is 0 Å². The van der Waals surface area contributed by atoms with Gasteiger partial charge in [0.2, 0.25) is 0 Å². The van der Waals surface area contributed by atoms with Gasteiger partial charge in [0, 0.05) is 35.1 Å². The van der Waals surface area contributed by atoms with E-state index in [0.717, 1.165) is 18.7 Å². The Labute approximate surface area is 363 Å². The number of nitrogens with zero attached hydrogens (tertiary/aromatic N) is 1. The largest absolute Gasteiger partial charge is 0.422 e. The zero-order valence-electron chi connectivity index (χ0n) is 37.6. The van der Waals surface area contributed by atoms with Crippen LogP contribution in [0.2, 0.25) is 0 Å². The van der Waals surface area contributed by atoms with Crippen molar-refractivity contribution in [3.63, 3.8) is 0 Å². The van der Waals surface area contributed by atoms with E-state index in [1.54, 1.807) is 36.4 Å². The fourth-order valence-electron chi connectivity index (χ4n) is 9.22. The van der Waals surface area contributed by atoms with Crippen LogP contribution < -0.4 is 20.1 Å². The molecule has 0 bridgehead atoms. The van der Waals surface area contributed by atoms with E-state index < -0.39 is 5.97 Å². The van der Waals surface area contributed by atoms with Crippen molar-refractivity contribution in [3.05, 3.63) is 93.9 Å². The zero-order chi connectivity index (χ0) is 42.2. The van der Waals surface area contributed by atoms with Crippen LogP contribution >= 0.6 is 0 Å². The molecule has 5 nitrogen and oxygen atoms in total. The lowest BCUT2D eigenvalue weighted by atomic mass is 10.0. The number of anilines is 1. The molecule has 60 heavy (non-hydrogen) atoms. The van der Waals surface area contributed by atoms with Gasteiger partial charge >= 0.3 is 5.97 Å². The first-order valence-electron chi connectivity index (χ1n) is 24.7. The fraction of sp³-hybridized carbons (Fsp3) is 0.582. The second-order valence-corrected chi connectivity index (χ2v) is 17.8. The first kappa shape index (κ1) is 47.1. The molecule has 0 fully saturated rings. The van der Waals surface area contributed by atoms with Crippen LogP contribution in [-0.2, 0) is 4.79 Å². The van der Waals surface area contributed by atoms with Crippen LogP contribution in [0.25, 0.3) is 11.1 Å². The van der Waals surface area contributed by atoms with E-state index in [0.29, 0.717) is 32.9 Å². The fourth-order valence-corrected chi connectivity index (χ4v) is 9.22. The minimum absolute atomic E-state index is 0.130. The maximum Gasteiger partial charge on any atom is 0.344 e. The number of ketones is 2. The Morgan fingerprint density at radius 2 is 0.833 bits per heavy atom. The average molecular weight is 816 g/mol. The van der Waals surface area contributed by atoms with Gasteiger partial charge in [0.15, 0.2) is 11.6 Å². The maximum atomic E-state index is 13.3. The number of hydrogen-bond donors (Lipinski definition) is 0. The van der Waals surface area contributed by atoms with Gasteiger partial charge in [0.05, 0.1) is 11.1 Å². The van der Waals surface area contributed by atoms with E-state index >= 15 is 0 Å².